The molecule has 0 radical (unpaired) electrons. The lowest BCUT2D eigenvalue weighted by atomic mass is 9.85. The summed E-state index contributed by atoms with van der Waals surface area (Å²) in [5, 5.41) is 6.85. The zero-order valence-electron chi connectivity index (χ0n) is 16.5. The number of hydrogen-bond donors (Lipinski definition) is 2. The normalized spacial score (nSPS) is 23.1. The number of nitrogens with zero attached hydrogens (tertiary/aromatic N) is 1. The van der Waals surface area contributed by atoms with Gasteiger partial charge in [0.15, 0.2) is 0 Å². The van der Waals surface area contributed by atoms with Crippen LogP contribution in [0, 0.1) is 5.92 Å². The minimum Gasteiger partial charge on any atom is -0.497 e. The predicted molar refractivity (Wildman–Crippen MR) is 108 cm³/mol. The van der Waals surface area contributed by atoms with Crippen molar-refractivity contribution >= 4 is 11.6 Å². The highest BCUT2D eigenvalue weighted by Gasteiger charge is 2.43. The lowest BCUT2D eigenvalue weighted by Gasteiger charge is -2.42. The number of ether oxygens (including phenoxy) is 1. The molecule has 2 aliphatic carbocycles. The van der Waals surface area contributed by atoms with Gasteiger partial charge in [0.1, 0.15) is 11.3 Å². The summed E-state index contributed by atoms with van der Waals surface area (Å²) in [7, 11) is 1.68. The van der Waals surface area contributed by atoms with Crippen molar-refractivity contribution in [1.29, 1.82) is 0 Å². The van der Waals surface area contributed by atoms with Gasteiger partial charge in [-0.2, -0.15) is 0 Å². The van der Waals surface area contributed by atoms with Crippen LogP contribution in [0.1, 0.15) is 51.4 Å². The standard InChI is InChI=1S/C22H33N3O2/c1-27-20-8-4-7-19(15-20)24-22(21(26)23-18-9-10-18)11-13-25(14-12-22)16-17-5-2-3-6-17/h4,7-8,15,17-18,24H,2-3,5-6,9-14,16H2,1H3,(H,23,26). The van der Waals surface area contributed by atoms with E-state index in [9.17, 15) is 4.79 Å². The highest BCUT2D eigenvalue weighted by molar-refractivity contribution is 5.90. The fourth-order valence-corrected chi connectivity index (χ4v) is 4.61. The van der Waals surface area contributed by atoms with Crippen molar-refractivity contribution in [3.8, 4) is 5.75 Å². The molecule has 5 nitrogen and oxygen atoms in total. The highest BCUT2D eigenvalue weighted by atomic mass is 16.5. The summed E-state index contributed by atoms with van der Waals surface area (Å²) in [6.07, 6.45) is 9.50. The number of benzene rings is 1. The molecule has 0 atom stereocenters. The molecule has 1 saturated heterocycles. The first-order chi connectivity index (χ1) is 13.2. The van der Waals surface area contributed by atoms with Gasteiger partial charge in [0.05, 0.1) is 7.11 Å². The van der Waals surface area contributed by atoms with Crippen molar-refractivity contribution in [2.75, 3.05) is 32.1 Å². The van der Waals surface area contributed by atoms with E-state index in [1.807, 2.05) is 24.3 Å². The average Bonchev–Trinajstić information content (AvgIpc) is 3.36. The Morgan fingerprint density at radius 2 is 1.93 bits per heavy atom. The number of anilines is 1. The molecule has 0 unspecified atom stereocenters. The quantitative estimate of drug-likeness (QED) is 0.771. The van der Waals surface area contributed by atoms with Gasteiger partial charge in [-0.05, 0) is 56.6 Å². The smallest absolute Gasteiger partial charge is 0.245 e. The van der Waals surface area contributed by atoms with Gasteiger partial charge in [-0.1, -0.05) is 18.9 Å². The number of nitrogens with one attached hydrogen (secondary N) is 2. The number of methoxy groups -OCH3 is 1. The van der Waals surface area contributed by atoms with Crippen molar-refractivity contribution in [3.05, 3.63) is 24.3 Å². The van der Waals surface area contributed by atoms with Crippen LogP contribution in [0.5, 0.6) is 5.75 Å². The minimum absolute atomic E-state index is 0.174. The highest BCUT2D eigenvalue weighted by Crippen LogP contribution is 2.32. The molecule has 3 fully saturated rings. The van der Waals surface area contributed by atoms with E-state index >= 15 is 0 Å². The largest absolute Gasteiger partial charge is 0.497 e. The average molecular weight is 372 g/mol. The van der Waals surface area contributed by atoms with E-state index in [-0.39, 0.29) is 5.91 Å². The summed E-state index contributed by atoms with van der Waals surface area (Å²) in [4.78, 5) is 15.7. The number of likely N-dealkylation sites (tertiary alicyclic amines) is 1. The summed E-state index contributed by atoms with van der Waals surface area (Å²) in [5.41, 5.74) is 0.450. The first-order valence-electron chi connectivity index (χ1n) is 10.6. The molecule has 1 amide bonds. The van der Waals surface area contributed by atoms with Crippen molar-refractivity contribution in [3.63, 3.8) is 0 Å². The van der Waals surface area contributed by atoms with Crippen molar-refractivity contribution in [2.24, 2.45) is 5.92 Å². The van der Waals surface area contributed by atoms with Crippen LogP contribution in [-0.4, -0.2) is 49.1 Å². The van der Waals surface area contributed by atoms with Gasteiger partial charge >= 0.3 is 0 Å². The maximum absolute atomic E-state index is 13.2. The van der Waals surface area contributed by atoms with Crippen molar-refractivity contribution in [1.82, 2.24) is 10.2 Å². The number of amides is 1. The molecule has 148 valence electrons. The molecule has 1 aromatic rings. The summed E-state index contributed by atoms with van der Waals surface area (Å²) in [6.45, 7) is 3.19. The van der Waals surface area contributed by atoms with Crippen LogP contribution in [0.2, 0.25) is 0 Å². The molecule has 1 aliphatic heterocycles. The Bertz CT molecular complexity index is 645. The third kappa shape index (κ3) is 4.57. The second-order valence-corrected chi connectivity index (χ2v) is 8.64. The molecule has 4 rings (SSSR count). The maximum atomic E-state index is 13.2. The Morgan fingerprint density at radius 3 is 2.59 bits per heavy atom. The molecular formula is C22H33N3O2. The van der Waals surface area contributed by atoms with Gasteiger partial charge in [-0.15, -0.1) is 0 Å². The lowest BCUT2D eigenvalue weighted by Crippen LogP contribution is -2.59. The van der Waals surface area contributed by atoms with Gasteiger partial charge in [-0.25, -0.2) is 0 Å². The van der Waals surface area contributed by atoms with E-state index in [1.54, 1.807) is 7.11 Å². The zero-order valence-corrected chi connectivity index (χ0v) is 16.5. The third-order valence-corrected chi connectivity index (χ3v) is 6.50. The Hall–Kier alpha value is -1.75. The lowest BCUT2D eigenvalue weighted by molar-refractivity contribution is -0.127. The van der Waals surface area contributed by atoms with E-state index in [0.29, 0.717) is 6.04 Å². The maximum Gasteiger partial charge on any atom is 0.245 e. The van der Waals surface area contributed by atoms with Crippen LogP contribution in [0.4, 0.5) is 5.69 Å². The van der Waals surface area contributed by atoms with E-state index in [4.69, 9.17) is 4.74 Å². The SMILES string of the molecule is COc1cccc(NC2(C(=O)NC3CC3)CCN(CC3CCCC3)CC2)c1. The molecule has 0 spiro atoms. The summed E-state index contributed by atoms with van der Waals surface area (Å²) >= 11 is 0. The molecule has 1 aromatic carbocycles. The number of carbonyl (C=O) groups is 1. The summed E-state index contributed by atoms with van der Waals surface area (Å²) < 4.78 is 5.35. The fourth-order valence-electron chi connectivity index (χ4n) is 4.61. The first-order valence-corrected chi connectivity index (χ1v) is 10.6. The molecule has 2 saturated carbocycles. The molecule has 0 bridgehead atoms. The Labute approximate surface area is 162 Å². The van der Waals surface area contributed by atoms with Crippen molar-refractivity contribution in [2.45, 2.75) is 62.9 Å². The van der Waals surface area contributed by atoms with E-state index in [0.717, 1.165) is 56.1 Å². The Balaban J connectivity index is 1.44. The van der Waals surface area contributed by atoms with E-state index in [2.05, 4.69) is 15.5 Å². The second-order valence-electron chi connectivity index (χ2n) is 8.64. The summed E-state index contributed by atoms with van der Waals surface area (Å²) in [6, 6.07) is 8.31. The zero-order chi connectivity index (χ0) is 18.7. The van der Waals surface area contributed by atoms with Crippen LogP contribution in [0.3, 0.4) is 0 Å². The van der Waals surface area contributed by atoms with Gasteiger partial charge in [0.2, 0.25) is 5.91 Å². The fraction of sp³-hybridized carbons (Fsp3) is 0.682. The van der Waals surface area contributed by atoms with Gasteiger partial charge < -0.3 is 20.3 Å². The van der Waals surface area contributed by atoms with Crippen LogP contribution in [0.25, 0.3) is 0 Å². The van der Waals surface area contributed by atoms with Gasteiger partial charge in [0.25, 0.3) is 0 Å². The van der Waals surface area contributed by atoms with Crippen LogP contribution < -0.4 is 15.4 Å². The van der Waals surface area contributed by atoms with Gasteiger partial charge in [0, 0.05) is 37.4 Å². The van der Waals surface area contributed by atoms with E-state index < -0.39 is 5.54 Å². The molecule has 2 N–H and O–H groups in total. The van der Waals surface area contributed by atoms with Crippen molar-refractivity contribution < 1.29 is 9.53 Å². The van der Waals surface area contributed by atoms with E-state index in [1.165, 1.54) is 32.2 Å². The predicted octanol–water partition coefficient (Wildman–Crippen LogP) is 3.41. The Morgan fingerprint density at radius 1 is 1.19 bits per heavy atom. The third-order valence-electron chi connectivity index (χ3n) is 6.50. The molecule has 1 heterocycles. The first kappa shape index (κ1) is 18.6. The number of rotatable bonds is 7. The van der Waals surface area contributed by atoms with Crippen LogP contribution >= 0.6 is 0 Å². The number of carbonyl (C=O) groups excluding carboxylic acids is 1. The molecule has 3 aliphatic rings. The second kappa shape index (κ2) is 8.09. The molecule has 0 aromatic heterocycles. The molecule has 5 heteroatoms. The Kier molecular flexibility index (Phi) is 5.58. The molecule has 27 heavy (non-hydrogen) atoms. The number of hydrogen-bond acceptors (Lipinski definition) is 4. The number of piperidine rings is 1. The topological polar surface area (TPSA) is 53.6 Å². The summed E-state index contributed by atoms with van der Waals surface area (Å²) in [5.74, 6) is 1.86. The van der Waals surface area contributed by atoms with Crippen LogP contribution in [-0.2, 0) is 4.79 Å². The van der Waals surface area contributed by atoms with Gasteiger partial charge in [-0.3, -0.25) is 4.79 Å². The molecular weight excluding hydrogens is 338 g/mol. The van der Waals surface area contributed by atoms with Crippen LogP contribution in [0.15, 0.2) is 24.3 Å². The minimum atomic E-state index is -0.513. The monoisotopic (exact) mass is 371 g/mol.